The lowest BCUT2D eigenvalue weighted by Gasteiger charge is -2.15. The summed E-state index contributed by atoms with van der Waals surface area (Å²) < 4.78 is 17.3. The minimum Gasteiger partial charge on any atom is -0.494 e. The Morgan fingerprint density at radius 1 is 0.941 bits per heavy atom. The summed E-state index contributed by atoms with van der Waals surface area (Å²) in [7, 11) is 0. The number of carbonyl (C=O) groups excluding carboxylic acids is 1. The smallest absolute Gasteiger partial charge is 0.243 e. The van der Waals surface area contributed by atoms with E-state index >= 15 is 0 Å². The molecule has 0 saturated carbocycles. The lowest BCUT2D eigenvalue weighted by atomic mass is 10.1. The first-order valence-electron chi connectivity index (χ1n) is 11.9. The number of carbonyl (C=O) groups is 1. The van der Waals surface area contributed by atoms with Crippen molar-refractivity contribution < 1.29 is 19.0 Å². The Kier molecular flexibility index (Phi) is 8.80. The number of ether oxygens (including phenoxy) is 3. The second-order valence-corrected chi connectivity index (χ2v) is 8.31. The fourth-order valence-electron chi connectivity index (χ4n) is 3.82. The average molecular weight is 461 g/mol. The van der Waals surface area contributed by atoms with E-state index in [-0.39, 0.29) is 18.6 Å². The molecular weight excluding hydrogens is 428 g/mol. The third kappa shape index (κ3) is 7.52. The Morgan fingerprint density at radius 2 is 1.74 bits per heavy atom. The molecule has 0 bridgehead atoms. The SMILES string of the molecule is O=C(CNc1ccccc1OCC1CCCO1)Nc1ccc(OCCCc2ccccc2)cc1. The van der Waals surface area contributed by atoms with Gasteiger partial charge in [-0.15, -0.1) is 0 Å². The van der Waals surface area contributed by atoms with Crippen molar-refractivity contribution >= 4 is 17.3 Å². The first kappa shape index (κ1) is 23.6. The number of hydrogen-bond donors (Lipinski definition) is 2. The van der Waals surface area contributed by atoms with Gasteiger partial charge in [-0.1, -0.05) is 42.5 Å². The zero-order valence-corrected chi connectivity index (χ0v) is 19.4. The van der Waals surface area contributed by atoms with Crippen LogP contribution in [0.5, 0.6) is 11.5 Å². The number of benzene rings is 3. The molecule has 1 saturated heterocycles. The Hall–Kier alpha value is -3.51. The molecule has 1 unspecified atom stereocenters. The molecule has 6 heteroatoms. The van der Waals surface area contributed by atoms with Gasteiger partial charge in [0.05, 0.1) is 24.9 Å². The van der Waals surface area contributed by atoms with Gasteiger partial charge in [0.2, 0.25) is 5.91 Å². The number of nitrogens with one attached hydrogen (secondary N) is 2. The molecule has 1 atom stereocenters. The molecule has 1 fully saturated rings. The first-order valence-corrected chi connectivity index (χ1v) is 11.9. The van der Waals surface area contributed by atoms with Crippen molar-refractivity contribution in [2.24, 2.45) is 0 Å². The monoisotopic (exact) mass is 460 g/mol. The number of rotatable bonds is 12. The van der Waals surface area contributed by atoms with Crippen LogP contribution in [0, 0.1) is 0 Å². The number of hydrogen-bond acceptors (Lipinski definition) is 5. The molecule has 2 N–H and O–H groups in total. The van der Waals surface area contributed by atoms with Gasteiger partial charge in [0.15, 0.2) is 0 Å². The molecule has 178 valence electrons. The quantitative estimate of drug-likeness (QED) is 0.359. The van der Waals surface area contributed by atoms with E-state index in [9.17, 15) is 4.79 Å². The van der Waals surface area contributed by atoms with Gasteiger partial charge in [0, 0.05) is 12.3 Å². The summed E-state index contributed by atoms with van der Waals surface area (Å²) >= 11 is 0. The molecule has 3 aromatic carbocycles. The van der Waals surface area contributed by atoms with Gasteiger partial charge in [0.1, 0.15) is 18.1 Å². The number of amides is 1. The Bertz CT molecular complexity index is 1020. The summed E-state index contributed by atoms with van der Waals surface area (Å²) in [5.41, 5.74) is 2.83. The lowest BCUT2D eigenvalue weighted by molar-refractivity contribution is -0.114. The molecule has 0 aromatic heterocycles. The van der Waals surface area contributed by atoms with Crippen LogP contribution in [0.15, 0.2) is 78.9 Å². The van der Waals surface area contributed by atoms with E-state index in [0.29, 0.717) is 13.2 Å². The van der Waals surface area contributed by atoms with Gasteiger partial charge < -0.3 is 24.8 Å². The van der Waals surface area contributed by atoms with Crippen LogP contribution < -0.4 is 20.1 Å². The minimum atomic E-state index is -0.134. The summed E-state index contributed by atoms with van der Waals surface area (Å²) in [6, 6.07) is 25.5. The van der Waals surface area contributed by atoms with E-state index in [0.717, 1.165) is 55.2 Å². The van der Waals surface area contributed by atoms with Crippen LogP contribution in [0.1, 0.15) is 24.8 Å². The molecule has 34 heavy (non-hydrogen) atoms. The molecule has 1 aliphatic heterocycles. The van der Waals surface area contributed by atoms with Crippen LogP contribution in [-0.4, -0.2) is 38.4 Å². The van der Waals surface area contributed by atoms with E-state index < -0.39 is 0 Å². The number of aryl methyl sites for hydroxylation is 1. The molecule has 0 radical (unpaired) electrons. The molecule has 1 aliphatic rings. The van der Waals surface area contributed by atoms with Crippen molar-refractivity contribution in [3.8, 4) is 11.5 Å². The molecule has 6 nitrogen and oxygen atoms in total. The van der Waals surface area contributed by atoms with E-state index in [2.05, 4.69) is 34.9 Å². The Balaban J connectivity index is 1.18. The maximum atomic E-state index is 12.4. The van der Waals surface area contributed by atoms with Gasteiger partial charge in [-0.2, -0.15) is 0 Å². The lowest BCUT2D eigenvalue weighted by Crippen LogP contribution is -2.22. The van der Waals surface area contributed by atoms with E-state index in [1.54, 1.807) is 0 Å². The maximum absolute atomic E-state index is 12.4. The fraction of sp³-hybridized carbons (Fsp3) is 0.321. The van der Waals surface area contributed by atoms with Crippen molar-refractivity contribution in [2.75, 3.05) is 37.0 Å². The second-order valence-electron chi connectivity index (χ2n) is 8.31. The predicted octanol–water partition coefficient (Wildman–Crippen LogP) is 5.31. The summed E-state index contributed by atoms with van der Waals surface area (Å²) in [5.74, 6) is 1.38. The normalized spacial score (nSPS) is 15.0. The largest absolute Gasteiger partial charge is 0.494 e. The van der Waals surface area contributed by atoms with Gasteiger partial charge in [-0.3, -0.25) is 4.79 Å². The van der Waals surface area contributed by atoms with Gasteiger partial charge in [-0.05, 0) is 67.6 Å². The summed E-state index contributed by atoms with van der Waals surface area (Å²) in [5, 5.41) is 6.07. The molecular formula is C28H32N2O4. The zero-order chi connectivity index (χ0) is 23.4. The molecule has 0 aliphatic carbocycles. The first-order chi connectivity index (χ1) is 16.8. The Labute approximate surface area is 201 Å². The highest BCUT2D eigenvalue weighted by atomic mass is 16.5. The van der Waals surface area contributed by atoms with Crippen LogP contribution in [0.4, 0.5) is 11.4 Å². The average Bonchev–Trinajstić information content (AvgIpc) is 3.40. The van der Waals surface area contributed by atoms with Crippen molar-refractivity contribution in [3.63, 3.8) is 0 Å². The summed E-state index contributed by atoms with van der Waals surface area (Å²) in [6.07, 6.45) is 4.19. The third-order valence-electron chi connectivity index (χ3n) is 5.63. The second kappa shape index (κ2) is 12.7. The highest BCUT2D eigenvalue weighted by Gasteiger charge is 2.16. The maximum Gasteiger partial charge on any atom is 0.243 e. The van der Waals surface area contributed by atoms with Gasteiger partial charge in [0.25, 0.3) is 0 Å². The van der Waals surface area contributed by atoms with Crippen LogP contribution in [0.2, 0.25) is 0 Å². The summed E-state index contributed by atoms with van der Waals surface area (Å²) in [4.78, 5) is 12.4. The molecule has 0 spiro atoms. The fourth-order valence-corrected chi connectivity index (χ4v) is 3.82. The van der Waals surface area contributed by atoms with Crippen LogP contribution >= 0.6 is 0 Å². The van der Waals surface area contributed by atoms with Crippen LogP contribution in [0.3, 0.4) is 0 Å². The standard InChI is InChI=1S/C28H32N2O4/c31-28(20-29-26-12-4-5-13-27(26)34-21-25-11-7-19-33-25)30-23-14-16-24(17-15-23)32-18-6-10-22-8-2-1-3-9-22/h1-5,8-9,12-17,25,29H,6-7,10-11,18-21H2,(H,30,31). The van der Waals surface area contributed by atoms with Crippen molar-refractivity contribution in [3.05, 3.63) is 84.4 Å². The number of anilines is 2. The molecule has 1 heterocycles. The molecule has 3 aromatic rings. The molecule has 4 rings (SSSR count). The van der Waals surface area contributed by atoms with E-state index in [4.69, 9.17) is 14.2 Å². The topological polar surface area (TPSA) is 68.8 Å². The highest BCUT2D eigenvalue weighted by Crippen LogP contribution is 2.25. The zero-order valence-electron chi connectivity index (χ0n) is 19.4. The van der Waals surface area contributed by atoms with Crippen LogP contribution in [0.25, 0.3) is 0 Å². The molecule has 1 amide bonds. The minimum absolute atomic E-state index is 0.134. The van der Waals surface area contributed by atoms with Crippen LogP contribution in [-0.2, 0) is 16.0 Å². The predicted molar refractivity (Wildman–Crippen MR) is 135 cm³/mol. The van der Waals surface area contributed by atoms with E-state index in [1.165, 1.54) is 5.56 Å². The van der Waals surface area contributed by atoms with E-state index in [1.807, 2.05) is 54.6 Å². The highest BCUT2D eigenvalue weighted by molar-refractivity contribution is 5.94. The van der Waals surface area contributed by atoms with Crippen molar-refractivity contribution in [1.82, 2.24) is 0 Å². The van der Waals surface area contributed by atoms with Crippen molar-refractivity contribution in [2.45, 2.75) is 31.8 Å². The Morgan fingerprint density at radius 3 is 2.53 bits per heavy atom. The van der Waals surface area contributed by atoms with Gasteiger partial charge in [-0.25, -0.2) is 0 Å². The van der Waals surface area contributed by atoms with Crippen molar-refractivity contribution in [1.29, 1.82) is 0 Å². The van der Waals surface area contributed by atoms with Gasteiger partial charge >= 0.3 is 0 Å². The third-order valence-corrected chi connectivity index (χ3v) is 5.63. The number of para-hydroxylation sites is 2. The summed E-state index contributed by atoms with van der Waals surface area (Å²) in [6.45, 7) is 2.11.